The molecule has 104 valence electrons. The fourth-order valence-electron chi connectivity index (χ4n) is 1.74. The molecule has 0 aliphatic heterocycles. The number of hydrogen-bond donors (Lipinski definition) is 2. The summed E-state index contributed by atoms with van der Waals surface area (Å²) in [5.74, 6) is 0.159. The monoisotopic (exact) mass is 272 g/mol. The number of benzene rings is 1. The highest BCUT2D eigenvalue weighted by molar-refractivity contribution is 5.97. The highest BCUT2D eigenvalue weighted by Crippen LogP contribution is 2.12. The van der Waals surface area contributed by atoms with Gasteiger partial charge in [0.2, 0.25) is 5.88 Å². The molecule has 6 heteroatoms. The van der Waals surface area contributed by atoms with Crippen molar-refractivity contribution >= 4 is 5.84 Å². The molecule has 2 rings (SSSR count). The van der Waals surface area contributed by atoms with Crippen molar-refractivity contribution in [1.29, 1.82) is 0 Å². The SMILES string of the molecule is NC(=NO)c1nccnc1OCCCc1ccccc1. The topological polar surface area (TPSA) is 93.6 Å². The number of nitrogens with zero attached hydrogens (tertiary/aromatic N) is 3. The number of aryl methyl sites for hydroxylation is 1. The smallest absolute Gasteiger partial charge is 0.243 e. The van der Waals surface area contributed by atoms with Crippen molar-refractivity contribution < 1.29 is 9.94 Å². The Morgan fingerprint density at radius 3 is 2.70 bits per heavy atom. The van der Waals surface area contributed by atoms with Crippen LogP contribution in [0, 0.1) is 0 Å². The van der Waals surface area contributed by atoms with E-state index in [9.17, 15) is 0 Å². The van der Waals surface area contributed by atoms with Crippen LogP contribution in [0.15, 0.2) is 47.9 Å². The molecule has 0 bridgehead atoms. The summed E-state index contributed by atoms with van der Waals surface area (Å²) < 4.78 is 5.54. The molecule has 0 aliphatic rings. The zero-order valence-corrected chi connectivity index (χ0v) is 10.9. The lowest BCUT2D eigenvalue weighted by molar-refractivity contribution is 0.295. The van der Waals surface area contributed by atoms with Crippen molar-refractivity contribution in [1.82, 2.24) is 9.97 Å². The summed E-state index contributed by atoms with van der Waals surface area (Å²) in [7, 11) is 0. The van der Waals surface area contributed by atoms with E-state index in [1.165, 1.54) is 18.0 Å². The van der Waals surface area contributed by atoms with E-state index in [1.807, 2.05) is 18.2 Å². The molecule has 0 unspecified atom stereocenters. The summed E-state index contributed by atoms with van der Waals surface area (Å²) in [6.07, 6.45) is 4.72. The number of oxime groups is 1. The van der Waals surface area contributed by atoms with E-state index in [0.717, 1.165) is 12.8 Å². The van der Waals surface area contributed by atoms with Gasteiger partial charge >= 0.3 is 0 Å². The van der Waals surface area contributed by atoms with E-state index in [4.69, 9.17) is 15.7 Å². The Kier molecular flexibility index (Phi) is 4.88. The van der Waals surface area contributed by atoms with Crippen LogP contribution in [0.1, 0.15) is 17.7 Å². The standard InChI is InChI=1S/C14H16N4O2/c15-13(18-19)12-14(17-9-8-16-12)20-10-4-7-11-5-2-1-3-6-11/h1-3,5-6,8-9,19H,4,7,10H2,(H2,15,18). The van der Waals surface area contributed by atoms with Crippen LogP contribution >= 0.6 is 0 Å². The van der Waals surface area contributed by atoms with E-state index in [2.05, 4.69) is 27.3 Å². The average Bonchev–Trinajstić information content (AvgIpc) is 2.52. The van der Waals surface area contributed by atoms with E-state index in [-0.39, 0.29) is 17.4 Å². The normalized spacial score (nSPS) is 11.3. The number of amidine groups is 1. The van der Waals surface area contributed by atoms with Crippen molar-refractivity contribution in [2.45, 2.75) is 12.8 Å². The summed E-state index contributed by atoms with van der Waals surface area (Å²) in [6, 6.07) is 10.2. The van der Waals surface area contributed by atoms with Crippen molar-refractivity contribution in [3.8, 4) is 5.88 Å². The molecular formula is C14H16N4O2. The van der Waals surface area contributed by atoms with Gasteiger partial charge in [-0.15, -0.1) is 0 Å². The summed E-state index contributed by atoms with van der Waals surface area (Å²) in [4.78, 5) is 8.02. The van der Waals surface area contributed by atoms with Crippen LogP contribution in [0.3, 0.4) is 0 Å². The third kappa shape index (κ3) is 3.68. The Labute approximate surface area is 116 Å². The van der Waals surface area contributed by atoms with Crippen LogP contribution in [0.2, 0.25) is 0 Å². The van der Waals surface area contributed by atoms with Gasteiger partial charge in [-0.2, -0.15) is 0 Å². The van der Waals surface area contributed by atoms with E-state index >= 15 is 0 Å². The minimum absolute atomic E-state index is 0.115. The summed E-state index contributed by atoms with van der Waals surface area (Å²) >= 11 is 0. The second-order valence-corrected chi connectivity index (χ2v) is 4.13. The first-order chi connectivity index (χ1) is 9.81. The quantitative estimate of drug-likeness (QED) is 0.274. The lowest BCUT2D eigenvalue weighted by Crippen LogP contribution is -2.17. The van der Waals surface area contributed by atoms with Crippen LogP contribution in [0.25, 0.3) is 0 Å². The minimum atomic E-state index is -0.115. The van der Waals surface area contributed by atoms with Gasteiger partial charge in [-0.1, -0.05) is 35.5 Å². The molecule has 20 heavy (non-hydrogen) atoms. The number of ether oxygens (including phenoxy) is 1. The van der Waals surface area contributed by atoms with Crippen LogP contribution in [-0.4, -0.2) is 27.6 Å². The fraction of sp³-hybridized carbons (Fsp3) is 0.214. The van der Waals surface area contributed by atoms with E-state index in [1.54, 1.807) is 0 Å². The van der Waals surface area contributed by atoms with Crippen molar-refractivity contribution in [3.63, 3.8) is 0 Å². The molecule has 6 nitrogen and oxygen atoms in total. The van der Waals surface area contributed by atoms with Crippen LogP contribution < -0.4 is 10.5 Å². The first-order valence-electron chi connectivity index (χ1n) is 6.27. The first kappa shape index (κ1) is 13.8. The fourth-order valence-corrected chi connectivity index (χ4v) is 1.74. The van der Waals surface area contributed by atoms with Crippen LogP contribution in [0.5, 0.6) is 5.88 Å². The largest absolute Gasteiger partial charge is 0.476 e. The maximum atomic E-state index is 8.67. The van der Waals surface area contributed by atoms with Crippen LogP contribution in [-0.2, 0) is 6.42 Å². The molecule has 0 aliphatic carbocycles. The van der Waals surface area contributed by atoms with Gasteiger partial charge in [0.15, 0.2) is 11.5 Å². The maximum Gasteiger partial charge on any atom is 0.243 e. The van der Waals surface area contributed by atoms with Crippen molar-refractivity contribution in [3.05, 3.63) is 54.0 Å². The van der Waals surface area contributed by atoms with Gasteiger partial charge in [0.05, 0.1) is 6.61 Å². The van der Waals surface area contributed by atoms with Gasteiger partial charge in [0.25, 0.3) is 0 Å². The first-order valence-corrected chi connectivity index (χ1v) is 6.27. The van der Waals surface area contributed by atoms with Gasteiger partial charge in [-0.3, -0.25) is 0 Å². The molecule has 0 amide bonds. The average molecular weight is 272 g/mol. The van der Waals surface area contributed by atoms with E-state index < -0.39 is 0 Å². The number of rotatable bonds is 6. The molecular weight excluding hydrogens is 256 g/mol. The van der Waals surface area contributed by atoms with Gasteiger partial charge in [0, 0.05) is 12.4 Å². The molecule has 3 N–H and O–H groups in total. The molecule has 0 atom stereocenters. The van der Waals surface area contributed by atoms with Crippen molar-refractivity contribution in [2.75, 3.05) is 6.61 Å². The number of nitrogens with two attached hydrogens (primary N) is 1. The number of aromatic nitrogens is 2. The molecule has 0 spiro atoms. The van der Waals surface area contributed by atoms with Crippen LogP contribution in [0.4, 0.5) is 0 Å². The molecule has 1 aromatic carbocycles. The second kappa shape index (κ2) is 7.08. The highest BCUT2D eigenvalue weighted by Gasteiger charge is 2.10. The Hall–Kier alpha value is -2.63. The lowest BCUT2D eigenvalue weighted by atomic mass is 10.1. The highest BCUT2D eigenvalue weighted by atomic mass is 16.5. The zero-order chi connectivity index (χ0) is 14.2. The molecule has 0 saturated heterocycles. The van der Waals surface area contributed by atoms with Gasteiger partial charge in [0.1, 0.15) is 0 Å². The second-order valence-electron chi connectivity index (χ2n) is 4.13. The lowest BCUT2D eigenvalue weighted by Gasteiger charge is -2.08. The molecule has 0 radical (unpaired) electrons. The minimum Gasteiger partial charge on any atom is -0.476 e. The Morgan fingerprint density at radius 1 is 1.20 bits per heavy atom. The van der Waals surface area contributed by atoms with Gasteiger partial charge in [-0.05, 0) is 18.4 Å². The molecule has 0 fully saturated rings. The Bertz CT molecular complexity index is 572. The third-order valence-electron chi connectivity index (χ3n) is 2.71. The van der Waals surface area contributed by atoms with Gasteiger partial charge in [-0.25, -0.2) is 9.97 Å². The molecule has 1 aromatic heterocycles. The molecule has 1 heterocycles. The summed E-state index contributed by atoms with van der Waals surface area (Å²) in [6.45, 7) is 0.485. The zero-order valence-electron chi connectivity index (χ0n) is 10.9. The van der Waals surface area contributed by atoms with Gasteiger partial charge < -0.3 is 15.7 Å². The number of hydrogen-bond acceptors (Lipinski definition) is 5. The summed E-state index contributed by atoms with van der Waals surface area (Å²) in [5.41, 5.74) is 7.01. The summed E-state index contributed by atoms with van der Waals surface area (Å²) in [5, 5.41) is 11.6. The van der Waals surface area contributed by atoms with E-state index in [0.29, 0.717) is 6.61 Å². The predicted octanol–water partition coefficient (Wildman–Crippen LogP) is 1.58. The Balaban J connectivity index is 1.88. The third-order valence-corrected chi connectivity index (χ3v) is 2.71. The predicted molar refractivity (Wildman–Crippen MR) is 74.8 cm³/mol. The Morgan fingerprint density at radius 2 is 1.95 bits per heavy atom. The van der Waals surface area contributed by atoms with Crippen molar-refractivity contribution in [2.24, 2.45) is 10.9 Å². The molecule has 0 saturated carbocycles. The maximum absolute atomic E-state index is 8.67. The molecule has 2 aromatic rings.